The third-order valence-corrected chi connectivity index (χ3v) is 6.17. The Morgan fingerprint density at radius 2 is 2.25 bits per heavy atom. The van der Waals surface area contributed by atoms with Crippen molar-refractivity contribution in [2.24, 2.45) is 0 Å². The summed E-state index contributed by atoms with van der Waals surface area (Å²) in [4.78, 5) is 14.1. The van der Waals surface area contributed by atoms with Gasteiger partial charge in [-0.2, -0.15) is 0 Å². The fourth-order valence-corrected chi connectivity index (χ4v) is 4.61. The minimum absolute atomic E-state index is 0.273. The number of esters is 1. The molecule has 1 aromatic carbocycles. The van der Waals surface area contributed by atoms with E-state index in [0.29, 0.717) is 23.7 Å². The molecule has 1 aromatic rings. The Kier molecular flexibility index (Phi) is 4.09. The summed E-state index contributed by atoms with van der Waals surface area (Å²) in [6, 6.07) is 3.67. The summed E-state index contributed by atoms with van der Waals surface area (Å²) in [5, 5.41) is 3.71. The van der Waals surface area contributed by atoms with E-state index in [2.05, 4.69) is 10.2 Å². The van der Waals surface area contributed by atoms with Crippen molar-refractivity contribution in [1.82, 2.24) is 10.2 Å². The monoisotopic (exact) mass is 332 g/mol. The average molecular weight is 332 g/mol. The number of nitrogens with one attached hydrogen (secondary N) is 1. The van der Waals surface area contributed by atoms with Crippen LogP contribution in [0.25, 0.3) is 0 Å². The lowest BCUT2D eigenvalue weighted by molar-refractivity contribution is 0.0535. The standard InChI is InChI=1S/C19H25FN2O2/c1-24-18(23)14-9-13-4-8-22(12-16(13)17(20)10-14)15-3-7-21-19(11-15)5-2-6-19/h9-10,15,21H,2-8,11-12H2,1H3/t15-/m1/s1. The van der Waals surface area contributed by atoms with Crippen LogP contribution in [0.3, 0.4) is 0 Å². The second kappa shape index (κ2) is 6.12. The van der Waals surface area contributed by atoms with E-state index in [0.717, 1.165) is 37.1 Å². The normalized spacial score (nSPS) is 25.8. The highest BCUT2D eigenvalue weighted by Gasteiger charge is 2.42. The molecule has 0 radical (unpaired) electrons. The molecule has 1 aliphatic carbocycles. The van der Waals surface area contributed by atoms with Gasteiger partial charge < -0.3 is 10.1 Å². The maximum Gasteiger partial charge on any atom is 0.337 e. The minimum atomic E-state index is -0.468. The fourth-order valence-electron chi connectivity index (χ4n) is 4.61. The molecule has 5 heteroatoms. The zero-order valence-corrected chi connectivity index (χ0v) is 14.2. The van der Waals surface area contributed by atoms with Crippen LogP contribution in [0.5, 0.6) is 0 Å². The van der Waals surface area contributed by atoms with Gasteiger partial charge in [0.25, 0.3) is 0 Å². The summed E-state index contributed by atoms with van der Waals surface area (Å²) in [7, 11) is 1.33. The average Bonchev–Trinajstić information content (AvgIpc) is 2.59. The molecule has 0 aromatic heterocycles. The van der Waals surface area contributed by atoms with Crippen LogP contribution in [0.2, 0.25) is 0 Å². The van der Waals surface area contributed by atoms with Crippen molar-refractivity contribution in [2.45, 2.75) is 56.7 Å². The molecule has 3 aliphatic rings. The van der Waals surface area contributed by atoms with E-state index in [1.165, 1.54) is 38.9 Å². The Labute approximate surface area is 142 Å². The predicted octanol–water partition coefficient (Wildman–Crippen LogP) is 2.65. The quantitative estimate of drug-likeness (QED) is 0.846. The fraction of sp³-hybridized carbons (Fsp3) is 0.632. The summed E-state index contributed by atoms with van der Waals surface area (Å²) in [6.07, 6.45) is 7.01. The lowest BCUT2D eigenvalue weighted by atomic mass is 9.70. The number of piperidine rings is 1. The van der Waals surface area contributed by atoms with Crippen molar-refractivity contribution in [1.29, 1.82) is 0 Å². The number of halogens is 1. The van der Waals surface area contributed by atoms with Gasteiger partial charge >= 0.3 is 5.97 Å². The van der Waals surface area contributed by atoms with E-state index in [1.807, 2.05) is 0 Å². The van der Waals surface area contributed by atoms with E-state index in [1.54, 1.807) is 6.07 Å². The van der Waals surface area contributed by atoms with Crippen LogP contribution in [0, 0.1) is 5.82 Å². The molecular weight excluding hydrogens is 307 g/mol. The summed E-state index contributed by atoms with van der Waals surface area (Å²) in [5.41, 5.74) is 2.39. The molecule has 4 rings (SSSR count). The van der Waals surface area contributed by atoms with E-state index < -0.39 is 5.97 Å². The molecular formula is C19H25FN2O2. The number of rotatable bonds is 2. The Morgan fingerprint density at radius 3 is 2.96 bits per heavy atom. The third kappa shape index (κ3) is 2.74. The van der Waals surface area contributed by atoms with Gasteiger partial charge in [0.05, 0.1) is 12.7 Å². The van der Waals surface area contributed by atoms with Gasteiger partial charge in [0, 0.05) is 30.2 Å². The summed E-state index contributed by atoms with van der Waals surface area (Å²) < 4.78 is 19.3. The van der Waals surface area contributed by atoms with Crippen LogP contribution in [0.4, 0.5) is 4.39 Å². The van der Waals surface area contributed by atoms with Crippen LogP contribution in [-0.4, -0.2) is 42.6 Å². The van der Waals surface area contributed by atoms with E-state index in [-0.39, 0.29) is 5.82 Å². The molecule has 1 spiro atoms. The van der Waals surface area contributed by atoms with Crippen molar-refractivity contribution in [2.75, 3.05) is 20.2 Å². The van der Waals surface area contributed by atoms with E-state index >= 15 is 0 Å². The van der Waals surface area contributed by atoms with Crippen molar-refractivity contribution in [3.8, 4) is 0 Å². The molecule has 2 heterocycles. The van der Waals surface area contributed by atoms with Gasteiger partial charge in [-0.05, 0) is 62.8 Å². The highest BCUT2D eigenvalue weighted by Crippen LogP contribution is 2.40. The van der Waals surface area contributed by atoms with Crippen LogP contribution < -0.4 is 5.32 Å². The molecule has 1 saturated carbocycles. The number of benzene rings is 1. The summed E-state index contributed by atoms with van der Waals surface area (Å²) >= 11 is 0. The minimum Gasteiger partial charge on any atom is -0.465 e. The molecule has 0 bridgehead atoms. The number of carbonyl (C=O) groups excluding carboxylic acids is 1. The molecule has 130 valence electrons. The number of hydrogen-bond donors (Lipinski definition) is 1. The summed E-state index contributed by atoms with van der Waals surface area (Å²) in [6.45, 7) is 2.67. The van der Waals surface area contributed by atoms with Gasteiger partial charge in [-0.1, -0.05) is 0 Å². The Bertz CT molecular complexity index is 657. The molecule has 1 atom stereocenters. The number of methoxy groups -OCH3 is 1. The zero-order valence-electron chi connectivity index (χ0n) is 14.2. The number of carbonyl (C=O) groups is 1. The maximum absolute atomic E-state index is 14.6. The second-order valence-corrected chi connectivity index (χ2v) is 7.52. The van der Waals surface area contributed by atoms with Gasteiger partial charge in [0.1, 0.15) is 5.82 Å². The van der Waals surface area contributed by atoms with Crippen molar-refractivity contribution in [3.05, 3.63) is 34.6 Å². The lowest BCUT2D eigenvalue weighted by Crippen LogP contribution is -2.60. The molecule has 1 N–H and O–H groups in total. The maximum atomic E-state index is 14.6. The zero-order chi connectivity index (χ0) is 16.7. The third-order valence-electron chi connectivity index (χ3n) is 6.17. The smallest absolute Gasteiger partial charge is 0.337 e. The van der Waals surface area contributed by atoms with Crippen molar-refractivity contribution in [3.63, 3.8) is 0 Å². The SMILES string of the molecule is COC(=O)c1cc(F)c2c(c1)CCN([C@@H]1CCNC3(CCC3)C1)C2. The number of ether oxygens (including phenoxy) is 1. The first-order valence-electron chi connectivity index (χ1n) is 8.99. The van der Waals surface area contributed by atoms with E-state index in [4.69, 9.17) is 4.74 Å². The van der Waals surface area contributed by atoms with Crippen LogP contribution in [-0.2, 0) is 17.7 Å². The van der Waals surface area contributed by atoms with Crippen LogP contribution >= 0.6 is 0 Å². The van der Waals surface area contributed by atoms with Gasteiger partial charge in [-0.15, -0.1) is 0 Å². The van der Waals surface area contributed by atoms with Gasteiger partial charge in [0.15, 0.2) is 0 Å². The van der Waals surface area contributed by atoms with Crippen molar-refractivity contribution < 1.29 is 13.9 Å². The molecule has 2 aliphatic heterocycles. The lowest BCUT2D eigenvalue weighted by Gasteiger charge is -2.51. The van der Waals surface area contributed by atoms with Crippen LogP contribution in [0.1, 0.15) is 53.6 Å². The van der Waals surface area contributed by atoms with E-state index in [9.17, 15) is 9.18 Å². The Balaban J connectivity index is 1.52. The summed E-state index contributed by atoms with van der Waals surface area (Å²) in [5.74, 6) is -0.741. The first-order valence-corrected chi connectivity index (χ1v) is 8.99. The molecule has 24 heavy (non-hydrogen) atoms. The largest absolute Gasteiger partial charge is 0.465 e. The van der Waals surface area contributed by atoms with Crippen LogP contribution in [0.15, 0.2) is 12.1 Å². The highest BCUT2D eigenvalue weighted by molar-refractivity contribution is 5.89. The molecule has 4 nitrogen and oxygen atoms in total. The highest BCUT2D eigenvalue weighted by atomic mass is 19.1. The molecule has 0 amide bonds. The first-order chi connectivity index (χ1) is 11.6. The Hall–Kier alpha value is -1.46. The number of fused-ring (bicyclic) bond motifs is 1. The van der Waals surface area contributed by atoms with Crippen molar-refractivity contribution >= 4 is 5.97 Å². The Morgan fingerprint density at radius 1 is 1.42 bits per heavy atom. The second-order valence-electron chi connectivity index (χ2n) is 7.52. The van der Waals surface area contributed by atoms with Gasteiger partial charge in [-0.25, -0.2) is 9.18 Å². The molecule has 2 fully saturated rings. The molecule has 0 unspecified atom stereocenters. The molecule has 1 saturated heterocycles. The van der Waals surface area contributed by atoms with Gasteiger partial charge in [-0.3, -0.25) is 4.90 Å². The first kappa shape index (κ1) is 16.0. The number of hydrogen-bond acceptors (Lipinski definition) is 4. The predicted molar refractivity (Wildman–Crippen MR) is 89.5 cm³/mol. The van der Waals surface area contributed by atoms with Gasteiger partial charge in [0.2, 0.25) is 0 Å². The topological polar surface area (TPSA) is 41.6 Å². The number of nitrogens with zero attached hydrogens (tertiary/aromatic N) is 1.